The Labute approximate surface area is 125 Å². The van der Waals surface area contributed by atoms with E-state index in [1.165, 1.54) is 45.2 Å². The molecule has 0 aliphatic heterocycles. The second-order valence-corrected chi connectivity index (χ2v) is 8.91. The van der Waals surface area contributed by atoms with Crippen LogP contribution in [0.1, 0.15) is 59.3 Å². The van der Waals surface area contributed by atoms with Crippen LogP contribution < -0.4 is 5.32 Å². The second kappa shape index (κ2) is 5.61. The molecule has 3 saturated carbocycles. The van der Waals surface area contributed by atoms with Crippen LogP contribution in [0.4, 0.5) is 0 Å². The molecule has 1 N–H and O–H groups in total. The van der Waals surface area contributed by atoms with Gasteiger partial charge in [0.15, 0.2) is 0 Å². The number of rotatable bonds is 5. The second-order valence-electron chi connectivity index (χ2n) is 8.91. The minimum Gasteiger partial charge on any atom is -0.312 e. The van der Waals surface area contributed by atoms with E-state index >= 15 is 0 Å². The van der Waals surface area contributed by atoms with Crippen molar-refractivity contribution in [3.8, 4) is 0 Å². The number of nitrogens with one attached hydrogen (secondary N) is 1. The van der Waals surface area contributed by atoms with Crippen LogP contribution in [0, 0.1) is 23.7 Å². The Balaban J connectivity index is 1.44. The van der Waals surface area contributed by atoms with Gasteiger partial charge in [0.2, 0.25) is 0 Å². The van der Waals surface area contributed by atoms with Gasteiger partial charge in [-0.05, 0) is 90.1 Å². The normalized spacial score (nSPS) is 40.4. The van der Waals surface area contributed by atoms with E-state index in [0.717, 1.165) is 29.7 Å². The maximum absolute atomic E-state index is 3.70. The number of fused-ring (bicyclic) bond motifs is 2. The van der Waals surface area contributed by atoms with Crippen molar-refractivity contribution >= 4 is 0 Å². The maximum Gasteiger partial charge on any atom is 0.0133 e. The molecule has 2 nitrogen and oxygen atoms in total. The van der Waals surface area contributed by atoms with Crippen molar-refractivity contribution in [3.63, 3.8) is 0 Å². The lowest BCUT2D eigenvalue weighted by Gasteiger charge is -2.45. The lowest BCUT2D eigenvalue weighted by Crippen LogP contribution is -2.52. The summed E-state index contributed by atoms with van der Waals surface area (Å²) < 4.78 is 0. The molecule has 3 aliphatic rings. The Morgan fingerprint density at radius 3 is 2.30 bits per heavy atom. The van der Waals surface area contributed by atoms with E-state index in [2.05, 4.69) is 38.0 Å². The van der Waals surface area contributed by atoms with Crippen molar-refractivity contribution in [1.82, 2.24) is 10.2 Å². The lowest BCUT2D eigenvalue weighted by molar-refractivity contribution is 0.0588. The quantitative estimate of drug-likeness (QED) is 0.828. The zero-order valence-corrected chi connectivity index (χ0v) is 14.0. The molecule has 3 aliphatic carbocycles. The largest absolute Gasteiger partial charge is 0.312 e. The summed E-state index contributed by atoms with van der Waals surface area (Å²) in [4.78, 5) is 2.71. The Kier molecular flexibility index (Phi) is 4.16. The van der Waals surface area contributed by atoms with Gasteiger partial charge in [-0.3, -0.25) is 0 Å². The average Bonchev–Trinajstić information content (AvgIpc) is 2.87. The summed E-state index contributed by atoms with van der Waals surface area (Å²) in [6.07, 6.45) is 9.00. The number of hydrogen-bond donors (Lipinski definition) is 1. The molecule has 3 rings (SSSR count). The van der Waals surface area contributed by atoms with Crippen LogP contribution in [-0.4, -0.2) is 36.6 Å². The lowest BCUT2D eigenvalue weighted by atomic mass is 9.77. The van der Waals surface area contributed by atoms with Crippen LogP contribution in [0.2, 0.25) is 0 Å². The first-order valence-corrected chi connectivity index (χ1v) is 8.87. The summed E-state index contributed by atoms with van der Waals surface area (Å²) >= 11 is 0. The third-order valence-corrected chi connectivity index (χ3v) is 6.25. The summed E-state index contributed by atoms with van der Waals surface area (Å²) in [5, 5.41) is 3.70. The zero-order valence-electron chi connectivity index (χ0n) is 14.0. The van der Waals surface area contributed by atoms with Gasteiger partial charge in [0.1, 0.15) is 0 Å². The highest BCUT2D eigenvalue weighted by atomic mass is 15.2. The molecule has 116 valence electrons. The molecule has 0 amide bonds. The van der Waals surface area contributed by atoms with E-state index < -0.39 is 0 Å². The Hall–Kier alpha value is -0.0800. The predicted octanol–water partition coefficient (Wildman–Crippen LogP) is 3.52. The first-order chi connectivity index (χ1) is 9.42. The van der Waals surface area contributed by atoms with E-state index in [4.69, 9.17) is 0 Å². The molecule has 0 radical (unpaired) electrons. The van der Waals surface area contributed by atoms with Gasteiger partial charge in [0.25, 0.3) is 0 Å². The predicted molar refractivity (Wildman–Crippen MR) is 85.8 cm³/mol. The van der Waals surface area contributed by atoms with Crippen molar-refractivity contribution in [2.24, 2.45) is 23.7 Å². The van der Waals surface area contributed by atoms with E-state index in [1.807, 2.05) is 0 Å². The molecule has 0 heterocycles. The monoisotopic (exact) mass is 278 g/mol. The zero-order chi connectivity index (χ0) is 14.3. The first-order valence-electron chi connectivity index (χ1n) is 8.87. The Morgan fingerprint density at radius 2 is 1.80 bits per heavy atom. The minimum atomic E-state index is 0.267. The molecule has 5 unspecified atom stereocenters. The van der Waals surface area contributed by atoms with E-state index in [0.29, 0.717) is 0 Å². The highest BCUT2D eigenvalue weighted by Crippen LogP contribution is 2.48. The van der Waals surface area contributed by atoms with Gasteiger partial charge < -0.3 is 10.2 Å². The topological polar surface area (TPSA) is 15.3 Å². The third-order valence-electron chi connectivity index (χ3n) is 6.25. The van der Waals surface area contributed by atoms with Crippen LogP contribution in [0.15, 0.2) is 0 Å². The highest BCUT2D eigenvalue weighted by Gasteiger charge is 2.41. The molecule has 20 heavy (non-hydrogen) atoms. The Bertz CT molecular complexity index is 333. The van der Waals surface area contributed by atoms with Gasteiger partial charge in [-0.25, -0.2) is 0 Å². The number of hydrogen-bond acceptors (Lipinski definition) is 2. The smallest absolute Gasteiger partial charge is 0.0133 e. The van der Waals surface area contributed by atoms with Gasteiger partial charge >= 0.3 is 0 Å². The molecule has 0 aromatic carbocycles. The van der Waals surface area contributed by atoms with Crippen LogP contribution in [0.5, 0.6) is 0 Å². The van der Waals surface area contributed by atoms with Crippen molar-refractivity contribution in [3.05, 3.63) is 0 Å². The maximum atomic E-state index is 3.70. The van der Waals surface area contributed by atoms with Crippen LogP contribution in [-0.2, 0) is 0 Å². The highest BCUT2D eigenvalue weighted by molar-refractivity contribution is 4.95. The van der Waals surface area contributed by atoms with E-state index in [1.54, 1.807) is 6.42 Å². The number of nitrogens with zero attached hydrogens (tertiary/aromatic N) is 1. The standard InChI is InChI=1S/C18H34N2/c1-18(2,3)19-11-15-7-8-17(15)20(4)12-16-10-13-5-6-14(16)9-13/h13-17,19H,5-12H2,1-4H3. The van der Waals surface area contributed by atoms with Crippen molar-refractivity contribution in [2.75, 3.05) is 20.1 Å². The first kappa shape index (κ1) is 14.8. The molecule has 0 aromatic rings. The molecule has 0 saturated heterocycles. The van der Waals surface area contributed by atoms with Gasteiger partial charge in [0.05, 0.1) is 0 Å². The fraction of sp³-hybridized carbons (Fsp3) is 1.00. The molecular formula is C18H34N2. The summed E-state index contributed by atoms with van der Waals surface area (Å²) in [7, 11) is 2.39. The molecule has 3 fully saturated rings. The molecule has 2 bridgehead atoms. The summed E-state index contributed by atoms with van der Waals surface area (Å²) in [6, 6.07) is 0.851. The molecule has 0 aromatic heterocycles. The third kappa shape index (κ3) is 3.22. The van der Waals surface area contributed by atoms with Crippen LogP contribution in [0.25, 0.3) is 0 Å². The fourth-order valence-electron chi connectivity index (χ4n) is 4.91. The van der Waals surface area contributed by atoms with Gasteiger partial charge in [-0.2, -0.15) is 0 Å². The van der Waals surface area contributed by atoms with Crippen LogP contribution in [0.3, 0.4) is 0 Å². The van der Waals surface area contributed by atoms with E-state index in [9.17, 15) is 0 Å². The summed E-state index contributed by atoms with van der Waals surface area (Å²) in [6.45, 7) is 9.41. The molecular weight excluding hydrogens is 244 g/mol. The fourth-order valence-corrected chi connectivity index (χ4v) is 4.91. The molecule has 0 spiro atoms. The SMILES string of the molecule is CN(CC1CC2CCC1C2)C1CCC1CNC(C)(C)C. The van der Waals surface area contributed by atoms with Gasteiger partial charge in [-0.15, -0.1) is 0 Å². The van der Waals surface area contributed by atoms with Crippen LogP contribution >= 0.6 is 0 Å². The summed E-state index contributed by atoms with van der Waals surface area (Å²) in [5.41, 5.74) is 0.267. The van der Waals surface area contributed by atoms with Crippen molar-refractivity contribution in [2.45, 2.75) is 70.9 Å². The van der Waals surface area contributed by atoms with E-state index in [-0.39, 0.29) is 5.54 Å². The molecule has 2 heteroatoms. The summed E-state index contributed by atoms with van der Waals surface area (Å²) in [5.74, 6) is 4.08. The molecule has 5 atom stereocenters. The van der Waals surface area contributed by atoms with Gasteiger partial charge in [0, 0.05) is 18.1 Å². The van der Waals surface area contributed by atoms with Gasteiger partial charge in [-0.1, -0.05) is 6.42 Å². The minimum absolute atomic E-state index is 0.267. The van der Waals surface area contributed by atoms with Crippen molar-refractivity contribution < 1.29 is 0 Å². The van der Waals surface area contributed by atoms with Crippen molar-refractivity contribution in [1.29, 1.82) is 0 Å². The Morgan fingerprint density at radius 1 is 1.00 bits per heavy atom. The average molecular weight is 278 g/mol.